The van der Waals surface area contributed by atoms with Crippen LogP contribution in [0.1, 0.15) is 24.2 Å². The average molecular weight is 290 g/mol. The predicted molar refractivity (Wildman–Crippen MR) is 77.4 cm³/mol. The van der Waals surface area contributed by atoms with Crippen molar-refractivity contribution in [2.45, 2.75) is 24.8 Å². The maximum atomic E-state index is 12.5. The predicted octanol–water partition coefficient (Wildman–Crippen LogP) is 2.42. The zero-order valence-corrected chi connectivity index (χ0v) is 12.0. The van der Waals surface area contributed by atoms with Gasteiger partial charge in [-0.1, -0.05) is 29.8 Å². The first kappa shape index (κ1) is 13.2. The minimum atomic E-state index is -0.441. The van der Waals surface area contributed by atoms with Crippen LogP contribution in [0.2, 0.25) is 5.02 Å². The van der Waals surface area contributed by atoms with Gasteiger partial charge in [0.05, 0.1) is 12.0 Å². The van der Waals surface area contributed by atoms with E-state index in [0.29, 0.717) is 11.6 Å². The van der Waals surface area contributed by atoms with Crippen molar-refractivity contribution in [1.29, 1.82) is 0 Å². The Morgan fingerprint density at radius 3 is 2.80 bits per heavy atom. The molecule has 3 rings (SSSR count). The van der Waals surface area contributed by atoms with Crippen LogP contribution in [0.5, 0.6) is 0 Å². The van der Waals surface area contributed by atoms with Crippen molar-refractivity contribution in [2.75, 3.05) is 0 Å². The second-order valence-electron chi connectivity index (χ2n) is 5.20. The third-order valence-electron chi connectivity index (χ3n) is 3.90. The van der Waals surface area contributed by atoms with Gasteiger partial charge < -0.3 is 9.88 Å². The highest BCUT2D eigenvalue weighted by atomic mass is 35.5. The molecule has 0 atom stereocenters. The SMILES string of the molecule is Cn1ccnc1CNC(=O)C1(c2ccccc2Cl)CC1. The lowest BCUT2D eigenvalue weighted by Gasteiger charge is -2.17. The maximum absolute atomic E-state index is 12.5. The number of nitrogens with one attached hydrogen (secondary N) is 1. The van der Waals surface area contributed by atoms with Crippen molar-refractivity contribution >= 4 is 17.5 Å². The molecule has 0 saturated heterocycles. The fourth-order valence-corrected chi connectivity index (χ4v) is 2.80. The smallest absolute Gasteiger partial charge is 0.231 e. The molecule has 1 N–H and O–H groups in total. The zero-order chi connectivity index (χ0) is 14.2. The Balaban J connectivity index is 1.74. The summed E-state index contributed by atoms with van der Waals surface area (Å²) >= 11 is 6.22. The first-order valence-electron chi connectivity index (χ1n) is 6.63. The number of amides is 1. The summed E-state index contributed by atoms with van der Waals surface area (Å²) in [5.74, 6) is 0.877. The minimum absolute atomic E-state index is 0.0357. The van der Waals surface area contributed by atoms with Crippen LogP contribution in [0, 0.1) is 0 Å². The Labute approximate surface area is 122 Å². The Kier molecular flexibility index (Phi) is 3.26. The van der Waals surface area contributed by atoms with E-state index in [0.717, 1.165) is 24.2 Å². The third kappa shape index (κ3) is 2.20. The highest BCUT2D eigenvalue weighted by Gasteiger charge is 2.52. The summed E-state index contributed by atoms with van der Waals surface area (Å²) in [5, 5.41) is 3.64. The molecule has 1 aromatic carbocycles. The van der Waals surface area contributed by atoms with E-state index in [1.54, 1.807) is 6.20 Å². The molecule has 1 aliphatic rings. The molecule has 1 amide bonds. The first-order chi connectivity index (χ1) is 9.63. The molecule has 0 aliphatic heterocycles. The molecule has 1 heterocycles. The molecule has 1 saturated carbocycles. The highest BCUT2D eigenvalue weighted by Crippen LogP contribution is 2.50. The second-order valence-corrected chi connectivity index (χ2v) is 5.61. The number of aryl methyl sites for hydroxylation is 1. The van der Waals surface area contributed by atoms with Gasteiger partial charge in [0.25, 0.3) is 0 Å². The third-order valence-corrected chi connectivity index (χ3v) is 4.23. The van der Waals surface area contributed by atoms with Crippen molar-refractivity contribution in [1.82, 2.24) is 14.9 Å². The standard InChI is InChI=1S/C15H16ClN3O/c1-19-9-8-17-13(19)10-18-14(20)15(6-7-15)11-4-2-3-5-12(11)16/h2-5,8-9H,6-7,10H2,1H3,(H,18,20). The molecule has 0 spiro atoms. The van der Waals surface area contributed by atoms with Crippen LogP contribution in [0.25, 0.3) is 0 Å². The van der Waals surface area contributed by atoms with Gasteiger partial charge in [-0.05, 0) is 24.5 Å². The van der Waals surface area contributed by atoms with E-state index in [1.807, 2.05) is 42.1 Å². The summed E-state index contributed by atoms with van der Waals surface area (Å²) in [6.07, 6.45) is 5.29. The molecule has 0 radical (unpaired) electrons. The number of carbonyl (C=O) groups excluding carboxylic acids is 1. The number of benzene rings is 1. The topological polar surface area (TPSA) is 46.9 Å². The van der Waals surface area contributed by atoms with Crippen molar-refractivity contribution in [3.8, 4) is 0 Å². The molecule has 1 aliphatic carbocycles. The number of hydrogen-bond acceptors (Lipinski definition) is 2. The number of imidazole rings is 1. The second kappa shape index (κ2) is 4.94. The summed E-state index contributed by atoms with van der Waals surface area (Å²) in [7, 11) is 1.91. The molecule has 0 unspecified atom stereocenters. The number of aromatic nitrogens is 2. The molecule has 1 aromatic heterocycles. The Morgan fingerprint density at radius 1 is 1.45 bits per heavy atom. The summed E-state index contributed by atoms with van der Waals surface area (Å²) in [5.41, 5.74) is 0.489. The van der Waals surface area contributed by atoms with Crippen LogP contribution in [0.15, 0.2) is 36.7 Å². The Hall–Kier alpha value is -1.81. The molecule has 20 heavy (non-hydrogen) atoms. The van der Waals surface area contributed by atoms with Crippen LogP contribution in [-0.4, -0.2) is 15.5 Å². The van der Waals surface area contributed by atoms with Gasteiger partial charge in [-0.3, -0.25) is 4.79 Å². The highest BCUT2D eigenvalue weighted by molar-refractivity contribution is 6.31. The van der Waals surface area contributed by atoms with E-state index in [2.05, 4.69) is 10.3 Å². The molecule has 4 nitrogen and oxygen atoms in total. The van der Waals surface area contributed by atoms with Crippen molar-refractivity contribution in [3.05, 3.63) is 53.1 Å². The van der Waals surface area contributed by atoms with Gasteiger partial charge in [-0.2, -0.15) is 0 Å². The van der Waals surface area contributed by atoms with E-state index in [-0.39, 0.29) is 5.91 Å². The van der Waals surface area contributed by atoms with Crippen LogP contribution in [0.4, 0.5) is 0 Å². The lowest BCUT2D eigenvalue weighted by Crippen LogP contribution is -2.35. The molecule has 0 bridgehead atoms. The summed E-state index contributed by atoms with van der Waals surface area (Å²) in [4.78, 5) is 16.7. The maximum Gasteiger partial charge on any atom is 0.231 e. The fraction of sp³-hybridized carbons (Fsp3) is 0.333. The van der Waals surface area contributed by atoms with Gasteiger partial charge in [0, 0.05) is 24.5 Å². The first-order valence-corrected chi connectivity index (χ1v) is 7.01. The molecule has 104 valence electrons. The van der Waals surface area contributed by atoms with Gasteiger partial charge >= 0.3 is 0 Å². The minimum Gasteiger partial charge on any atom is -0.348 e. The molecule has 1 fully saturated rings. The quantitative estimate of drug-likeness (QED) is 0.940. The Bertz CT molecular complexity index is 646. The number of halogens is 1. The van der Waals surface area contributed by atoms with E-state index >= 15 is 0 Å². The summed E-state index contributed by atoms with van der Waals surface area (Å²) < 4.78 is 1.90. The lowest BCUT2D eigenvalue weighted by atomic mass is 9.95. The van der Waals surface area contributed by atoms with E-state index < -0.39 is 5.41 Å². The lowest BCUT2D eigenvalue weighted by molar-refractivity contribution is -0.123. The molecule has 5 heteroatoms. The van der Waals surface area contributed by atoms with Crippen molar-refractivity contribution in [3.63, 3.8) is 0 Å². The number of carbonyl (C=O) groups is 1. The molecular formula is C15H16ClN3O. The monoisotopic (exact) mass is 289 g/mol. The van der Waals surface area contributed by atoms with Crippen LogP contribution < -0.4 is 5.32 Å². The molecular weight excluding hydrogens is 274 g/mol. The van der Waals surface area contributed by atoms with E-state index in [9.17, 15) is 4.79 Å². The number of hydrogen-bond donors (Lipinski definition) is 1. The van der Waals surface area contributed by atoms with Crippen LogP contribution in [-0.2, 0) is 23.8 Å². The summed E-state index contributed by atoms with van der Waals surface area (Å²) in [6, 6.07) is 7.58. The zero-order valence-electron chi connectivity index (χ0n) is 11.3. The largest absolute Gasteiger partial charge is 0.348 e. The number of nitrogens with zero attached hydrogens (tertiary/aromatic N) is 2. The average Bonchev–Trinajstić information content (AvgIpc) is 3.15. The van der Waals surface area contributed by atoms with Gasteiger partial charge in [0.15, 0.2) is 0 Å². The Morgan fingerprint density at radius 2 is 2.20 bits per heavy atom. The van der Waals surface area contributed by atoms with Gasteiger partial charge in [-0.15, -0.1) is 0 Å². The fourth-order valence-electron chi connectivity index (χ4n) is 2.49. The van der Waals surface area contributed by atoms with E-state index in [1.165, 1.54) is 0 Å². The van der Waals surface area contributed by atoms with Gasteiger partial charge in [-0.25, -0.2) is 4.98 Å². The van der Waals surface area contributed by atoms with Crippen molar-refractivity contribution in [2.24, 2.45) is 7.05 Å². The van der Waals surface area contributed by atoms with Gasteiger partial charge in [0.2, 0.25) is 5.91 Å². The number of rotatable bonds is 4. The van der Waals surface area contributed by atoms with Crippen LogP contribution >= 0.6 is 11.6 Å². The molecule has 2 aromatic rings. The summed E-state index contributed by atoms with van der Waals surface area (Å²) in [6.45, 7) is 0.439. The van der Waals surface area contributed by atoms with Gasteiger partial charge in [0.1, 0.15) is 5.82 Å². The normalized spacial score (nSPS) is 15.9. The van der Waals surface area contributed by atoms with E-state index in [4.69, 9.17) is 11.6 Å². The van der Waals surface area contributed by atoms with Crippen LogP contribution in [0.3, 0.4) is 0 Å². The van der Waals surface area contributed by atoms with Crippen molar-refractivity contribution < 1.29 is 4.79 Å².